The molecule has 1 fully saturated rings. The summed E-state index contributed by atoms with van der Waals surface area (Å²) in [6.45, 7) is 1.30. The number of thiocarbonyl (C=S) groups is 1. The van der Waals surface area contributed by atoms with Gasteiger partial charge in [0.15, 0.2) is 5.11 Å². The third kappa shape index (κ3) is 3.96. The van der Waals surface area contributed by atoms with E-state index >= 15 is 0 Å². The number of halogens is 1. The normalized spacial score (nSPS) is 17.4. The van der Waals surface area contributed by atoms with Gasteiger partial charge in [0.25, 0.3) is 5.91 Å². The Morgan fingerprint density at radius 3 is 2.48 bits per heavy atom. The van der Waals surface area contributed by atoms with E-state index in [9.17, 15) is 14.4 Å². The van der Waals surface area contributed by atoms with Gasteiger partial charge < -0.3 is 5.32 Å². The van der Waals surface area contributed by atoms with Crippen molar-refractivity contribution < 1.29 is 14.4 Å². The second kappa shape index (κ2) is 6.93. The fourth-order valence-corrected chi connectivity index (χ4v) is 2.51. The number of hydrazine groups is 1. The molecule has 0 spiro atoms. The lowest BCUT2D eigenvalue weighted by Gasteiger charge is -2.23. The lowest BCUT2D eigenvalue weighted by Crippen LogP contribution is -2.48. The summed E-state index contributed by atoms with van der Waals surface area (Å²) in [5.74, 6) is -1.10. The van der Waals surface area contributed by atoms with Crippen LogP contribution >= 0.6 is 23.8 Å². The van der Waals surface area contributed by atoms with Crippen molar-refractivity contribution in [3.05, 3.63) is 29.3 Å². The lowest BCUT2D eigenvalue weighted by molar-refractivity contribution is -0.131. The second-order valence-corrected chi connectivity index (χ2v) is 5.79. The summed E-state index contributed by atoms with van der Waals surface area (Å²) in [6, 6.07) is 5.72. The fourth-order valence-electron chi connectivity index (χ4n) is 2.12. The van der Waals surface area contributed by atoms with Crippen molar-refractivity contribution in [1.29, 1.82) is 0 Å². The van der Waals surface area contributed by atoms with Crippen LogP contribution in [0.5, 0.6) is 0 Å². The van der Waals surface area contributed by atoms with E-state index in [2.05, 4.69) is 10.7 Å². The summed E-state index contributed by atoms with van der Waals surface area (Å²) in [5, 5.41) is 4.61. The van der Waals surface area contributed by atoms with E-state index in [1.165, 1.54) is 23.9 Å². The maximum atomic E-state index is 12.2. The zero-order valence-electron chi connectivity index (χ0n) is 12.5. The summed E-state index contributed by atoms with van der Waals surface area (Å²) in [6.07, 6.45) is -0.147. The van der Waals surface area contributed by atoms with Crippen LogP contribution in [0.2, 0.25) is 5.02 Å². The number of amides is 3. The molecule has 1 aromatic carbocycles. The van der Waals surface area contributed by atoms with E-state index in [-0.39, 0.29) is 29.3 Å². The molecule has 1 aliphatic rings. The summed E-state index contributed by atoms with van der Waals surface area (Å²) in [5.41, 5.74) is 3.03. The van der Waals surface area contributed by atoms with Crippen molar-refractivity contribution >= 4 is 52.3 Å². The standard InChI is InChI=1S/C14H15ClN4O3S/c1-8(20)17-19-11(13(22)18(2)14(19)23)7-12(21)16-10-5-3-9(15)4-6-10/h3-6,11H,7H2,1-2H3,(H,16,21)(H,17,20). The number of carbonyl (C=O) groups is 3. The van der Waals surface area contributed by atoms with Gasteiger partial charge in [0, 0.05) is 24.7 Å². The van der Waals surface area contributed by atoms with Gasteiger partial charge >= 0.3 is 0 Å². The highest BCUT2D eigenvalue weighted by Gasteiger charge is 2.42. The van der Waals surface area contributed by atoms with E-state index in [1.54, 1.807) is 24.3 Å². The molecule has 3 amide bonds. The van der Waals surface area contributed by atoms with Crippen LogP contribution in [-0.4, -0.2) is 45.8 Å². The maximum absolute atomic E-state index is 12.2. The Kier molecular flexibility index (Phi) is 5.17. The first-order valence-electron chi connectivity index (χ1n) is 6.73. The first kappa shape index (κ1) is 17.2. The highest BCUT2D eigenvalue weighted by molar-refractivity contribution is 7.80. The van der Waals surface area contributed by atoms with Crippen molar-refractivity contribution in [3.8, 4) is 0 Å². The van der Waals surface area contributed by atoms with Crippen molar-refractivity contribution in [2.45, 2.75) is 19.4 Å². The van der Waals surface area contributed by atoms with Crippen LogP contribution in [-0.2, 0) is 14.4 Å². The first-order chi connectivity index (χ1) is 10.8. The molecule has 0 aliphatic carbocycles. The van der Waals surface area contributed by atoms with Crippen molar-refractivity contribution in [2.24, 2.45) is 0 Å². The topological polar surface area (TPSA) is 81.8 Å². The zero-order chi connectivity index (χ0) is 17.1. The average Bonchev–Trinajstić information content (AvgIpc) is 2.67. The van der Waals surface area contributed by atoms with E-state index in [4.69, 9.17) is 23.8 Å². The van der Waals surface area contributed by atoms with Crippen molar-refractivity contribution in [3.63, 3.8) is 0 Å². The van der Waals surface area contributed by atoms with Gasteiger partial charge in [-0.05, 0) is 36.5 Å². The Morgan fingerprint density at radius 1 is 1.30 bits per heavy atom. The monoisotopic (exact) mass is 354 g/mol. The molecule has 1 aromatic rings. The fraction of sp³-hybridized carbons (Fsp3) is 0.286. The minimum Gasteiger partial charge on any atom is -0.326 e. The number of likely N-dealkylation sites (N-methyl/N-ethyl adjacent to an activating group) is 1. The smallest absolute Gasteiger partial charge is 0.253 e. The Morgan fingerprint density at radius 2 is 1.91 bits per heavy atom. The van der Waals surface area contributed by atoms with Gasteiger partial charge in [0.2, 0.25) is 11.8 Å². The molecule has 1 aliphatic heterocycles. The van der Waals surface area contributed by atoms with Gasteiger partial charge in [0.05, 0.1) is 6.42 Å². The molecule has 2 rings (SSSR count). The molecule has 23 heavy (non-hydrogen) atoms. The molecule has 0 saturated carbocycles. The van der Waals surface area contributed by atoms with Crippen LogP contribution in [0, 0.1) is 0 Å². The molecule has 9 heteroatoms. The SMILES string of the molecule is CC(=O)NN1C(=S)N(C)C(=O)C1CC(=O)Nc1ccc(Cl)cc1. The predicted octanol–water partition coefficient (Wildman–Crippen LogP) is 1.15. The Hall–Kier alpha value is -2.19. The second-order valence-electron chi connectivity index (χ2n) is 4.99. The summed E-state index contributed by atoms with van der Waals surface area (Å²) < 4.78 is 0. The Labute approximate surface area is 143 Å². The van der Waals surface area contributed by atoms with Crippen LogP contribution in [0.25, 0.3) is 0 Å². The van der Waals surface area contributed by atoms with Crippen LogP contribution in [0.1, 0.15) is 13.3 Å². The van der Waals surface area contributed by atoms with Gasteiger partial charge in [-0.1, -0.05) is 11.6 Å². The van der Waals surface area contributed by atoms with Crippen molar-refractivity contribution in [1.82, 2.24) is 15.3 Å². The van der Waals surface area contributed by atoms with Crippen LogP contribution < -0.4 is 10.7 Å². The van der Waals surface area contributed by atoms with Gasteiger partial charge in [0.1, 0.15) is 6.04 Å². The third-order valence-electron chi connectivity index (χ3n) is 3.20. The van der Waals surface area contributed by atoms with Gasteiger partial charge in [-0.25, -0.2) is 5.01 Å². The first-order valence-corrected chi connectivity index (χ1v) is 7.51. The molecule has 122 valence electrons. The number of hydrogen-bond donors (Lipinski definition) is 2. The van der Waals surface area contributed by atoms with E-state index < -0.39 is 6.04 Å². The van der Waals surface area contributed by atoms with E-state index in [0.717, 1.165) is 0 Å². The third-order valence-corrected chi connectivity index (χ3v) is 3.93. The lowest BCUT2D eigenvalue weighted by atomic mass is 10.2. The largest absolute Gasteiger partial charge is 0.326 e. The van der Waals surface area contributed by atoms with Crippen LogP contribution in [0.15, 0.2) is 24.3 Å². The molecule has 7 nitrogen and oxygen atoms in total. The summed E-state index contributed by atoms with van der Waals surface area (Å²) >= 11 is 10.9. The molecule has 1 unspecified atom stereocenters. The number of benzene rings is 1. The zero-order valence-corrected chi connectivity index (χ0v) is 14.1. The molecule has 1 heterocycles. The van der Waals surface area contributed by atoms with Gasteiger partial charge in [-0.3, -0.25) is 24.7 Å². The molecule has 0 radical (unpaired) electrons. The van der Waals surface area contributed by atoms with Gasteiger partial charge in [-0.15, -0.1) is 0 Å². The van der Waals surface area contributed by atoms with E-state index in [1.807, 2.05) is 0 Å². The molecule has 2 N–H and O–H groups in total. The Balaban J connectivity index is 2.07. The summed E-state index contributed by atoms with van der Waals surface area (Å²) in [4.78, 5) is 36.8. The van der Waals surface area contributed by atoms with Crippen LogP contribution in [0.3, 0.4) is 0 Å². The number of hydrogen-bond acceptors (Lipinski definition) is 4. The van der Waals surface area contributed by atoms with E-state index in [0.29, 0.717) is 10.7 Å². The van der Waals surface area contributed by atoms with Crippen molar-refractivity contribution in [2.75, 3.05) is 12.4 Å². The number of rotatable bonds is 4. The number of carbonyl (C=O) groups excluding carboxylic acids is 3. The highest BCUT2D eigenvalue weighted by atomic mass is 35.5. The molecule has 0 bridgehead atoms. The molecule has 1 atom stereocenters. The number of nitrogens with zero attached hydrogens (tertiary/aromatic N) is 2. The van der Waals surface area contributed by atoms with Gasteiger partial charge in [-0.2, -0.15) is 0 Å². The quantitative estimate of drug-likeness (QED) is 0.793. The highest BCUT2D eigenvalue weighted by Crippen LogP contribution is 2.19. The summed E-state index contributed by atoms with van der Waals surface area (Å²) in [7, 11) is 1.50. The minimum absolute atomic E-state index is 0.147. The van der Waals surface area contributed by atoms with Crippen LogP contribution in [0.4, 0.5) is 5.69 Å². The molecular formula is C14H15ClN4O3S. The minimum atomic E-state index is -0.872. The molecular weight excluding hydrogens is 340 g/mol. The molecule has 0 aromatic heterocycles. The Bertz CT molecular complexity index is 664. The maximum Gasteiger partial charge on any atom is 0.253 e. The predicted molar refractivity (Wildman–Crippen MR) is 89.5 cm³/mol. The number of anilines is 1. The average molecular weight is 355 g/mol. The molecule has 1 saturated heterocycles. The number of nitrogens with one attached hydrogen (secondary N) is 2.